The highest BCUT2D eigenvalue weighted by atomic mass is 32.2. The summed E-state index contributed by atoms with van der Waals surface area (Å²) in [6.45, 7) is 2.22. The summed E-state index contributed by atoms with van der Waals surface area (Å²) in [5.74, 6) is 0. The minimum Gasteiger partial charge on any atom is -0.314 e. The van der Waals surface area contributed by atoms with Crippen molar-refractivity contribution < 1.29 is 8.42 Å². The Labute approximate surface area is 155 Å². The number of hydrogen-bond acceptors (Lipinski definition) is 9. The van der Waals surface area contributed by atoms with Crippen molar-refractivity contribution in [1.29, 1.82) is 0 Å². The molecule has 3 aliphatic heterocycles. The molecule has 3 aliphatic rings. The molecule has 5 N–H and O–H groups in total. The first kappa shape index (κ1) is 17.8. The fraction of sp³-hybridized carbons (Fsp3) is 0.400. The zero-order valence-corrected chi connectivity index (χ0v) is 15.5. The van der Waals surface area contributed by atoms with E-state index in [9.17, 15) is 8.42 Å². The highest BCUT2D eigenvalue weighted by Crippen LogP contribution is 2.33. The first-order chi connectivity index (χ1) is 12.4. The smallest absolute Gasteiger partial charge is 0.243 e. The molecule has 2 unspecified atom stereocenters. The second-order valence-electron chi connectivity index (χ2n) is 6.11. The van der Waals surface area contributed by atoms with Gasteiger partial charge in [0.05, 0.1) is 4.90 Å². The number of nitrogens with zero attached hydrogens (tertiary/aromatic N) is 4. The fourth-order valence-corrected chi connectivity index (χ4v) is 5.35. The summed E-state index contributed by atoms with van der Waals surface area (Å²) in [5, 5.41) is 3.79. The van der Waals surface area contributed by atoms with Crippen LogP contribution in [-0.4, -0.2) is 61.5 Å². The molecular weight excluding hydrogens is 374 g/mol. The highest BCUT2D eigenvalue weighted by molar-refractivity contribution is 8.16. The monoisotopic (exact) mass is 393 g/mol. The molecule has 26 heavy (non-hydrogen) atoms. The number of piperazine rings is 1. The molecule has 9 nitrogen and oxygen atoms in total. The lowest BCUT2D eigenvalue weighted by Gasteiger charge is -2.28. The second kappa shape index (κ2) is 6.51. The molecule has 2 atom stereocenters. The lowest BCUT2D eigenvalue weighted by molar-refractivity contribution is 0.360. The molecule has 4 rings (SSSR count). The molecule has 0 bridgehead atoms. The van der Waals surface area contributed by atoms with E-state index in [1.165, 1.54) is 22.4 Å². The third-order valence-electron chi connectivity index (χ3n) is 4.50. The average Bonchev–Trinajstić information content (AvgIpc) is 3.05. The van der Waals surface area contributed by atoms with Gasteiger partial charge in [0.1, 0.15) is 17.1 Å². The Kier molecular flexibility index (Phi) is 4.45. The standard InChI is InChI=1S/C15H19N7O2S2/c16-14-21-12-13(25-14)19-9-20-15(12,17)10-1-3-11(4-2-10)26(23,24)22-7-5-18-6-8-22/h1-4,9,14,18H,5-8,16-17H2. The molecule has 0 radical (unpaired) electrons. The van der Waals surface area contributed by atoms with Crippen molar-refractivity contribution in [3.63, 3.8) is 0 Å². The molecule has 1 aromatic carbocycles. The molecule has 1 aromatic rings. The van der Waals surface area contributed by atoms with Crippen molar-refractivity contribution in [2.75, 3.05) is 26.2 Å². The number of benzene rings is 1. The first-order valence-electron chi connectivity index (χ1n) is 8.14. The van der Waals surface area contributed by atoms with Crippen LogP contribution in [0, 0.1) is 0 Å². The molecule has 0 aliphatic carbocycles. The summed E-state index contributed by atoms with van der Waals surface area (Å²) in [6.07, 6.45) is 1.39. The van der Waals surface area contributed by atoms with Gasteiger partial charge >= 0.3 is 0 Å². The minimum absolute atomic E-state index is 0.236. The van der Waals surface area contributed by atoms with Crippen LogP contribution in [0.5, 0.6) is 0 Å². The highest BCUT2D eigenvalue weighted by Gasteiger charge is 2.42. The quantitative estimate of drug-likeness (QED) is 0.618. The maximum absolute atomic E-state index is 12.8. The Morgan fingerprint density at radius 3 is 2.62 bits per heavy atom. The van der Waals surface area contributed by atoms with Crippen LogP contribution in [0.2, 0.25) is 0 Å². The molecule has 1 fully saturated rings. The maximum Gasteiger partial charge on any atom is 0.243 e. The molecule has 138 valence electrons. The molecule has 1 saturated heterocycles. The Bertz CT molecular complexity index is 904. The predicted molar refractivity (Wildman–Crippen MR) is 103 cm³/mol. The minimum atomic E-state index is -3.52. The van der Waals surface area contributed by atoms with Gasteiger partial charge in [-0.3, -0.25) is 10.7 Å². The molecular formula is C15H19N7O2S2. The number of thioether (sulfide) groups is 1. The van der Waals surface area contributed by atoms with Gasteiger partial charge in [0.15, 0.2) is 11.2 Å². The van der Waals surface area contributed by atoms with Gasteiger partial charge < -0.3 is 11.1 Å². The summed E-state index contributed by atoms with van der Waals surface area (Å²) in [4.78, 5) is 13.0. The van der Waals surface area contributed by atoms with Gasteiger partial charge in [-0.1, -0.05) is 23.9 Å². The Balaban J connectivity index is 1.65. The van der Waals surface area contributed by atoms with Gasteiger partial charge in [0.2, 0.25) is 10.0 Å². The molecule has 0 amide bonds. The number of nitrogens with two attached hydrogens (primary N) is 2. The van der Waals surface area contributed by atoms with Gasteiger partial charge in [0.25, 0.3) is 0 Å². The molecule has 0 aromatic heterocycles. The lowest BCUT2D eigenvalue weighted by Crippen LogP contribution is -2.47. The van der Waals surface area contributed by atoms with Crippen LogP contribution in [0.15, 0.2) is 44.1 Å². The van der Waals surface area contributed by atoms with Gasteiger partial charge in [-0.25, -0.2) is 18.4 Å². The van der Waals surface area contributed by atoms with E-state index in [0.717, 1.165) is 0 Å². The maximum atomic E-state index is 12.8. The van der Waals surface area contributed by atoms with Crippen LogP contribution in [0.3, 0.4) is 0 Å². The van der Waals surface area contributed by atoms with Gasteiger partial charge in [-0.2, -0.15) is 4.31 Å². The Morgan fingerprint density at radius 1 is 1.23 bits per heavy atom. The first-order valence-corrected chi connectivity index (χ1v) is 10.5. The van der Waals surface area contributed by atoms with Crippen LogP contribution in [0.4, 0.5) is 0 Å². The van der Waals surface area contributed by atoms with Crippen molar-refractivity contribution in [3.05, 3.63) is 29.8 Å². The van der Waals surface area contributed by atoms with Crippen molar-refractivity contribution >= 4 is 38.9 Å². The summed E-state index contributed by atoms with van der Waals surface area (Å²) in [6, 6.07) is 6.47. The Hall–Kier alpha value is -1.63. The Morgan fingerprint density at radius 2 is 1.92 bits per heavy atom. The van der Waals surface area contributed by atoms with Gasteiger partial charge in [-0.15, -0.1) is 0 Å². The lowest BCUT2D eigenvalue weighted by atomic mass is 9.95. The van der Waals surface area contributed by atoms with E-state index in [-0.39, 0.29) is 4.90 Å². The summed E-state index contributed by atoms with van der Waals surface area (Å²) < 4.78 is 27.0. The molecule has 11 heteroatoms. The van der Waals surface area contributed by atoms with Crippen LogP contribution >= 0.6 is 11.8 Å². The van der Waals surface area contributed by atoms with E-state index >= 15 is 0 Å². The van der Waals surface area contributed by atoms with E-state index < -0.39 is 21.2 Å². The molecule has 0 saturated carbocycles. The number of nitrogens with one attached hydrogen (secondary N) is 1. The fourth-order valence-electron chi connectivity index (χ4n) is 3.09. The zero-order valence-electron chi connectivity index (χ0n) is 13.9. The number of hydrogen-bond donors (Lipinski definition) is 3. The largest absolute Gasteiger partial charge is 0.314 e. The van der Waals surface area contributed by atoms with Crippen molar-refractivity contribution in [2.45, 2.75) is 16.1 Å². The third-order valence-corrected chi connectivity index (χ3v) is 7.28. The number of sulfonamides is 1. The van der Waals surface area contributed by atoms with Gasteiger partial charge in [0, 0.05) is 31.7 Å². The van der Waals surface area contributed by atoms with Crippen molar-refractivity contribution in [1.82, 2.24) is 9.62 Å². The topological polar surface area (TPSA) is 139 Å². The van der Waals surface area contributed by atoms with E-state index in [1.54, 1.807) is 24.3 Å². The van der Waals surface area contributed by atoms with Crippen LogP contribution in [0.25, 0.3) is 0 Å². The van der Waals surface area contributed by atoms with Crippen molar-refractivity contribution in [3.8, 4) is 0 Å². The van der Waals surface area contributed by atoms with Crippen LogP contribution < -0.4 is 16.8 Å². The van der Waals surface area contributed by atoms with E-state index in [2.05, 4.69) is 20.3 Å². The number of aliphatic imine (C=N–C) groups is 3. The summed E-state index contributed by atoms with van der Waals surface area (Å²) >= 11 is 1.32. The van der Waals surface area contributed by atoms with Crippen LogP contribution in [-0.2, 0) is 15.7 Å². The predicted octanol–water partition coefficient (Wildman–Crippen LogP) is -0.737. The van der Waals surface area contributed by atoms with E-state index in [4.69, 9.17) is 11.5 Å². The second-order valence-corrected chi connectivity index (χ2v) is 9.15. The van der Waals surface area contributed by atoms with E-state index in [1.807, 2.05) is 0 Å². The summed E-state index contributed by atoms with van der Waals surface area (Å²) in [7, 11) is -3.52. The SMILES string of the molecule is NC1N=C2C(=NC=NC2(N)c2ccc(S(=O)(=O)N3CCNCC3)cc2)S1. The summed E-state index contributed by atoms with van der Waals surface area (Å²) in [5.41, 5.74) is 11.8. The van der Waals surface area contributed by atoms with Crippen molar-refractivity contribution in [2.24, 2.45) is 26.4 Å². The average molecular weight is 393 g/mol. The zero-order chi connectivity index (χ0) is 18.4. The normalized spacial score (nSPS) is 29.2. The molecule has 3 heterocycles. The third kappa shape index (κ3) is 2.90. The number of fused-ring (bicyclic) bond motifs is 1. The van der Waals surface area contributed by atoms with E-state index in [0.29, 0.717) is 42.5 Å². The molecule has 0 spiro atoms. The van der Waals surface area contributed by atoms with Crippen LogP contribution in [0.1, 0.15) is 5.56 Å². The van der Waals surface area contributed by atoms with Gasteiger partial charge in [-0.05, 0) is 12.1 Å². The number of rotatable bonds is 3.